The van der Waals surface area contributed by atoms with Crippen molar-refractivity contribution < 1.29 is 9.59 Å². The molecule has 0 spiro atoms. The molecule has 1 aliphatic heterocycles. The first kappa shape index (κ1) is 7.09. The second-order valence-electron chi connectivity index (χ2n) is 1.81. The number of imide groups is 1. The van der Waals surface area contributed by atoms with Crippen LogP contribution in [0.25, 0.3) is 0 Å². The maximum absolute atomic E-state index is 10.7. The number of nitrogens with one attached hydrogen (secondary N) is 1. The van der Waals surface area contributed by atoms with Crippen molar-refractivity contribution in [2.24, 2.45) is 0 Å². The second-order valence-corrected chi connectivity index (χ2v) is 2.80. The van der Waals surface area contributed by atoms with E-state index in [1.807, 2.05) is 0 Å². The molecule has 0 radical (unpaired) electrons. The highest BCUT2D eigenvalue weighted by Gasteiger charge is 2.30. The molecule has 0 aromatic carbocycles. The Balaban J connectivity index is 2.56. The molecule has 0 aromatic rings. The van der Waals surface area contributed by atoms with E-state index in [2.05, 4.69) is 5.32 Å². The Kier molecular flexibility index (Phi) is 1.92. The predicted molar refractivity (Wildman–Crippen MR) is 34.8 cm³/mol. The lowest BCUT2D eigenvalue weighted by molar-refractivity contribution is -0.124. The Bertz CT molecular complexity index is 220. The Morgan fingerprint density at radius 1 is 1.70 bits per heavy atom. The highest BCUT2D eigenvalue weighted by molar-refractivity contribution is 8.05. The molecule has 2 amide bonds. The molecule has 1 aliphatic rings. The normalized spacial score (nSPS) is 24.1. The van der Waals surface area contributed by atoms with E-state index in [0.717, 1.165) is 11.8 Å². The summed E-state index contributed by atoms with van der Waals surface area (Å²) in [6.07, 6.45) is 0.136. The minimum atomic E-state index is -0.488. The third-order valence-electron chi connectivity index (χ3n) is 1.12. The molecule has 0 aliphatic carbocycles. The van der Waals surface area contributed by atoms with Crippen LogP contribution in [0.15, 0.2) is 0 Å². The van der Waals surface area contributed by atoms with E-state index in [4.69, 9.17) is 5.26 Å². The summed E-state index contributed by atoms with van der Waals surface area (Å²) >= 11 is 0.823. The molecule has 1 unspecified atom stereocenters. The number of carbonyl (C=O) groups excluding carboxylic acids is 2. The number of carbonyl (C=O) groups is 2. The van der Waals surface area contributed by atoms with Gasteiger partial charge in [-0.05, 0) is 11.8 Å². The highest BCUT2D eigenvalue weighted by Crippen LogP contribution is 2.17. The first-order chi connectivity index (χ1) is 4.74. The van der Waals surface area contributed by atoms with Crippen LogP contribution in [0, 0.1) is 10.7 Å². The molecule has 1 atom stereocenters. The van der Waals surface area contributed by atoms with Crippen LogP contribution in [-0.4, -0.2) is 17.1 Å². The number of rotatable bonds is 1. The van der Waals surface area contributed by atoms with Crippen molar-refractivity contribution in [3.8, 4) is 5.40 Å². The number of hydrogen-bond donors (Lipinski definition) is 1. The average molecular weight is 156 g/mol. The lowest BCUT2D eigenvalue weighted by Gasteiger charge is -1.93. The van der Waals surface area contributed by atoms with Gasteiger partial charge in [-0.25, -0.2) is 0 Å². The average Bonchev–Trinajstić information content (AvgIpc) is 2.13. The largest absolute Gasteiger partial charge is 0.295 e. The Morgan fingerprint density at radius 3 is 2.80 bits per heavy atom. The molecule has 10 heavy (non-hydrogen) atoms. The van der Waals surface area contributed by atoms with Crippen molar-refractivity contribution in [2.45, 2.75) is 11.7 Å². The van der Waals surface area contributed by atoms with Gasteiger partial charge in [0.2, 0.25) is 11.8 Å². The number of thioether (sulfide) groups is 1. The molecule has 1 heterocycles. The monoisotopic (exact) mass is 156 g/mol. The van der Waals surface area contributed by atoms with Crippen molar-refractivity contribution in [3.05, 3.63) is 0 Å². The third-order valence-corrected chi connectivity index (χ3v) is 1.89. The van der Waals surface area contributed by atoms with Crippen molar-refractivity contribution >= 4 is 23.6 Å². The van der Waals surface area contributed by atoms with Crippen LogP contribution < -0.4 is 5.32 Å². The fourth-order valence-corrected chi connectivity index (χ4v) is 1.22. The maximum atomic E-state index is 10.7. The van der Waals surface area contributed by atoms with Gasteiger partial charge in [-0.3, -0.25) is 14.9 Å². The van der Waals surface area contributed by atoms with E-state index in [-0.39, 0.29) is 18.2 Å². The van der Waals surface area contributed by atoms with Crippen molar-refractivity contribution in [1.82, 2.24) is 5.32 Å². The van der Waals surface area contributed by atoms with Crippen LogP contribution in [0.3, 0.4) is 0 Å². The minimum absolute atomic E-state index is 0.136. The van der Waals surface area contributed by atoms with Gasteiger partial charge in [0, 0.05) is 6.42 Å². The summed E-state index contributed by atoms with van der Waals surface area (Å²) in [5.74, 6) is -0.644. The first-order valence-electron chi connectivity index (χ1n) is 2.62. The molecule has 5 heteroatoms. The fraction of sp³-hybridized carbons (Fsp3) is 0.400. The van der Waals surface area contributed by atoms with Gasteiger partial charge in [-0.2, -0.15) is 5.26 Å². The van der Waals surface area contributed by atoms with Gasteiger partial charge in [0.05, 0.1) is 0 Å². The molecule has 1 N–H and O–H groups in total. The van der Waals surface area contributed by atoms with Gasteiger partial charge in [-0.1, -0.05) is 0 Å². The number of thiocyanates is 1. The summed E-state index contributed by atoms with van der Waals surface area (Å²) in [6.45, 7) is 0. The van der Waals surface area contributed by atoms with Crippen molar-refractivity contribution in [1.29, 1.82) is 5.26 Å². The van der Waals surface area contributed by atoms with Crippen molar-refractivity contribution in [3.63, 3.8) is 0 Å². The van der Waals surface area contributed by atoms with Crippen LogP contribution in [0.5, 0.6) is 0 Å². The smallest absolute Gasteiger partial charge is 0.241 e. The molecule has 1 fully saturated rings. The van der Waals surface area contributed by atoms with Gasteiger partial charge < -0.3 is 0 Å². The summed E-state index contributed by atoms with van der Waals surface area (Å²) in [6, 6.07) is 0. The van der Waals surface area contributed by atoms with E-state index in [9.17, 15) is 9.59 Å². The number of nitrogens with zero attached hydrogens (tertiary/aromatic N) is 1. The summed E-state index contributed by atoms with van der Waals surface area (Å²) < 4.78 is 0. The third kappa shape index (κ3) is 1.28. The summed E-state index contributed by atoms with van der Waals surface area (Å²) in [7, 11) is 0. The van der Waals surface area contributed by atoms with Crippen LogP contribution in [0.1, 0.15) is 6.42 Å². The van der Waals surface area contributed by atoms with Crippen LogP contribution in [-0.2, 0) is 9.59 Å². The van der Waals surface area contributed by atoms with Gasteiger partial charge >= 0.3 is 0 Å². The molecule has 1 rings (SSSR count). The Morgan fingerprint density at radius 2 is 2.40 bits per heavy atom. The standard InChI is InChI=1S/C5H4N2O2S/c6-2-10-3-1-4(8)7-5(3)9/h3H,1H2,(H,7,8,9). The van der Waals surface area contributed by atoms with Crippen LogP contribution in [0.2, 0.25) is 0 Å². The zero-order valence-corrected chi connectivity index (χ0v) is 5.77. The van der Waals surface area contributed by atoms with Crippen LogP contribution >= 0.6 is 11.8 Å². The highest BCUT2D eigenvalue weighted by atomic mass is 32.2. The topological polar surface area (TPSA) is 70.0 Å². The lowest BCUT2D eigenvalue weighted by atomic mass is 10.4. The van der Waals surface area contributed by atoms with Gasteiger partial charge in [-0.15, -0.1) is 0 Å². The fourth-order valence-electron chi connectivity index (χ4n) is 0.689. The molecule has 4 nitrogen and oxygen atoms in total. The van der Waals surface area contributed by atoms with Gasteiger partial charge in [0.25, 0.3) is 0 Å². The van der Waals surface area contributed by atoms with E-state index in [1.54, 1.807) is 5.40 Å². The summed E-state index contributed by atoms with van der Waals surface area (Å²) in [5.41, 5.74) is 0. The SMILES string of the molecule is N#CSC1CC(=O)NC1=O. The lowest BCUT2D eigenvalue weighted by Crippen LogP contribution is -2.22. The predicted octanol–water partition coefficient (Wildman–Crippen LogP) is -0.384. The van der Waals surface area contributed by atoms with Gasteiger partial charge in [0.1, 0.15) is 10.7 Å². The van der Waals surface area contributed by atoms with Gasteiger partial charge in [0.15, 0.2) is 0 Å². The zero-order valence-electron chi connectivity index (χ0n) is 4.96. The van der Waals surface area contributed by atoms with E-state index in [1.165, 1.54) is 0 Å². The first-order valence-corrected chi connectivity index (χ1v) is 3.50. The Hall–Kier alpha value is -1.02. The molecular weight excluding hydrogens is 152 g/mol. The number of hydrogen-bond acceptors (Lipinski definition) is 4. The summed E-state index contributed by atoms with van der Waals surface area (Å²) in [4.78, 5) is 21.2. The number of nitriles is 1. The Labute approximate surface area is 61.6 Å². The molecule has 0 aromatic heterocycles. The summed E-state index contributed by atoms with van der Waals surface area (Å²) in [5, 5.41) is 11.5. The second kappa shape index (κ2) is 2.71. The van der Waals surface area contributed by atoms with Crippen LogP contribution in [0.4, 0.5) is 0 Å². The van der Waals surface area contributed by atoms with E-state index >= 15 is 0 Å². The van der Waals surface area contributed by atoms with Crippen molar-refractivity contribution in [2.75, 3.05) is 0 Å². The molecule has 52 valence electrons. The zero-order chi connectivity index (χ0) is 7.56. The minimum Gasteiger partial charge on any atom is -0.295 e. The van der Waals surface area contributed by atoms with E-state index in [0.29, 0.717) is 0 Å². The molecular formula is C5H4N2O2S. The quantitative estimate of drug-likeness (QED) is 0.415. The molecule has 0 saturated carbocycles. The number of amides is 2. The molecule has 1 saturated heterocycles. The maximum Gasteiger partial charge on any atom is 0.241 e. The molecule has 0 bridgehead atoms. The van der Waals surface area contributed by atoms with E-state index < -0.39 is 5.25 Å².